The van der Waals surface area contributed by atoms with Gasteiger partial charge in [-0.1, -0.05) is 0 Å². The van der Waals surface area contributed by atoms with Crippen LogP contribution in [-0.2, 0) is 10.0 Å². The molecular formula is C21H29N5O4S. The van der Waals surface area contributed by atoms with Gasteiger partial charge in [-0.15, -0.1) is 0 Å². The zero-order valence-corrected chi connectivity index (χ0v) is 18.8. The van der Waals surface area contributed by atoms with E-state index in [1.807, 2.05) is 14.0 Å². The lowest BCUT2D eigenvalue weighted by molar-refractivity contribution is 0.0902. The van der Waals surface area contributed by atoms with Crippen molar-refractivity contribution >= 4 is 21.7 Å². The van der Waals surface area contributed by atoms with Crippen LogP contribution >= 0.6 is 0 Å². The molecule has 9 nitrogen and oxygen atoms in total. The van der Waals surface area contributed by atoms with Crippen molar-refractivity contribution in [2.24, 2.45) is 0 Å². The molecule has 168 valence electrons. The number of hydrogen-bond donors (Lipinski definition) is 1. The molecule has 1 N–H and O–H groups in total. The van der Waals surface area contributed by atoms with Crippen molar-refractivity contribution in [3.8, 4) is 0 Å². The Labute approximate surface area is 183 Å². The zero-order valence-electron chi connectivity index (χ0n) is 18.0. The molecule has 4 rings (SSSR count). The van der Waals surface area contributed by atoms with Crippen LogP contribution in [0.1, 0.15) is 29.0 Å². The first-order valence-corrected chi connectivity index (χ1v) is 12.0. The number of sulfonamides is 1. The lowest BCUT2D eigenvalue weighted by atomic mass is 10.0. The van der Waals surface area contributed by atoms with Gasteiger partial charge in [0.2, 0.25) is 10.0 Å². The second-order valence-electron chi connectivity index (χ2n) is 8.23. The number of anilines is 1. The van der Waals surface area contributed by atoms with E-state index in [-0.39, 0.29) is 16.8 Å². The summed E-state index contributed by atoms with van der Waals surface area (Å²) in [7, 11) is -1.52. The molecule has 0 radical (unpaired) electrons. The number of aromatic nitrogens is 1. The Bertz CT molecular complexity index is 1000. The number of nitrogens with zero attached hydrogens (tertiary/aromatic N) is 4. The zero-order chi connectivity index (χ0) is 22.0. The van der Waals surface area contributed by atoms with Crippen molar-refractivity contribution in [1.82, 2.24) is 19.5 Å². The minimum atomic E-state index is -3.51. The number of piperidine rings is 1. The number of hydrogen-bond acceptors (Lipinski definition) is 7. The predicted molar refractivity (Wildman–Crippen MR) is 117 cm³/mol. The highest BCUT2D eigenvalue weighted by molar-refractivity contribution is 7.89. The van der Waals surface area contributed by atoms with Crippen LogP contribution < -0.4 is 10.2 Å². The van der Waals surface area contributed by atoms with E-state index in [2.05, 4.69) is 20.1 Å². The van der Waals surface area contributed by atoms with Crippen LogP contribution in [0.25, 0.3) is 0 Å². The normalized spacial score (nSPS) is 19.5. The number of rotatable bonds is 5. The summed E-state index contributed by atoms with van der Waals surface area (Å²) in [5, 5.41) is 3.03. The number of piperazine rings is 1. The molecule has 0 saturated carbocycles. The van der Waals surface area contributed by atoms with E-state index in [0.29, 0.717) is 18.8 Å². The van der Waals surface area contributed by atoms with Gasteiger partial charge in [0.1, 0.15) is 10.7 Å². The van der Waals surface area contributed by atoms with Gasteiger partial charge in [-0.05, 0) is 45.0 Å². The molecule has 2 aliphatic heterocycles. The predicted octanol–water partition coefficient (Wildman–Crippen LogP) is 1.32. The SMILES string of the molecule is Cc1ccoc1C(=O)NC1CCN(c2ccc(S(=O)(=O)N3CCN(C)CC3)cn2)CC1. The molecule has 0 spiro atoms. The summed E-state index contributed by atoms with van der Waals surface area (Å²) >= 11 is 0. The molecule has 0 unspecified atom stereocenters. The van der Waals surface area contributed by atoms with Gasteiger partial charge in [-0.2, -0.15) is 4.31 Å². The summed E-state index contributed by atoms with van der Waals surface area (Å²) in [4.78, 5) is 21.2. The molecule has 2 aromatic rings. The number of likely N-dealkylation sites (N-methyl/N-ethyl adjacent to an activating group) is 1. The van der Waals surface area contributed by atoms with E-state index < -0.39 is 10.0 Å². The number of furan rings is 1. The van der Waals surface area contributed by atoms with Gasteiger partial charge in [0.15, 0.2) is 5.76 Å². The summed E-state index contributed by atoms with van der Waals surface area (Å²) < 4.78 is 32.5. The number of amides is 1. The van der Waals surface area contributed by atoms with Crippen molar-refractivity contribution in [3.63, 3.8) is 0 Å². The van der Waals surface area contributed by atoms with Gasteiger partial charge >= 0.3 is 0 Å². The quantitative estimate of drug-likeness (QED) is 0.738. The van der Waals surface area contributed by atoms with Crippen LogP contribution in [0.5, 0.6) is 0 Å². The monoisotopic (exact) mass is 447 g/mol. The highest BCUT2D eigenvalue weighted by Crippen LogP contribution is 2.22. The average molecular weight is 448 g/mol. The van der Waals surface area contributed by atoms with E-state index in [1.54, 1.807) is 18.2 Å². The van der Waals surface area contributed by atoms with Crippen molar-refractivity contribution < 1.29 is 17.6 Å². The van der Waals surface area contributed by atoms with E-state index in [1.165, 1.54) is 16.8 Å². The first-order valence-electron chi connectivity index (χ1n) is 10.6. The third kappa shape index (κ3) is 4.76. The highest BCUT2D eigenvalue weighted by atomic mass is 32.2. The van der Waals surface area contributed by atoms with Crippen LogP contribution in [0.15, 0.2) is 40.0 Å². The van der Waals surface area contributed by atoms with Gasteiger partial charge in [-0.3, -0.25) is 4.79 Å². The molecule has 2 aliphatic rings. The maximum Gasteiger partial charge on any atom is 0.287 e. The lowest BCUT2D eigenvalue weighted by Gasteiger charge is -2.33. The third-order valence-corrected chi connectivity index (χ3v) is 7.93. The van der Waals surface area contributed by atoms with Gasteiger partial charge in [0.05, 0.1) is 6.26 Å². The first-order chi connectivity index (χ1) is 14.8. The van der Waals surface area contributed by atoms with Crippen LogP contribution in [0.2, 0.25) is 0 Å². The number of aryl methyl sites for hydroxylation is 1. The Kier molecular flexibility index (Phi) is 6.31. The van der Waals surface area contributed by atoms with Crippen molar-refractivity contribution in [2.75, 3.05) is 51.2 Å². The Morgan fingerprint density at radius 3 is 2.39 bits per heavy atom. The maximum atomic E-state index is 12.9. The number of pyridine rings is 1. The number of carbonyl (C=O) groups is 1. The highest BCUT2D eigenvalue weighted by Gasteiger charge is 2.28. The molecule has 1 amide bonds. The Balaban J connectivity index is 1.33. The second-order valence-corrected chi connectivity index (χ2v) is 10.2. The molecular weight excluding hydrogens is 418 g/mol. The molecule has 10 heteroatoms. The third-order valence-electron chi connectivity index (χ3n) is 6.04. The smallest absolute Gasteiger partial charge is 0.287 e. The second kappa shape index (κ2) is 8.97. The van der Waals surface area contributed by atoms with Crippen LogP contribution in [0.3, 0.4) is 0 Å². The molecule has 4 heterocycles. The molecule has 0 bridgehead atoms. The van der Waals surface area contributed by atoms with Gasteiger partial charge < -0.3 is 19.5 Å². The summed E-state index contributed by atoms with van der Waals surface area (Å²) in [5.74, 6) is 0.933. The minimum Gasteiger partial charge on any atom is -0.459 e. The van der Waals surface area contributed by atoms with E-state index in [4.69, 9.17) is 4.42 Å². The molecule has 2 fully saturated rings. The fourth-order valence-corrected chi connectivity index (χ4v) is 5.37. The summed E-state index contributed by atoms with van der Waals surface area (Å²) in [6, 6.07) is 5.26. The first kappa shape index (κ1) is 21.8. The van der Waals surface area contributed by atoms with Crippen molar-refractivity contribution in [2.45, 2.75) is 30.7 Å². The minimum absolute atomic E-state index is 0.0742. The molecule has 0 aliphatic carbocycles. The van der Waals surface area contributed by atoms with E-state index >= 15 is 0 Å². The Hall–Kier alpha value is -2.43. The van der Waals surface area contributed by atoms with Gasteiger partial charge in [0, 0.05) is 57.1 Å². The fraction of sp³-hybridized carbons (Fsp3) is 0.524. The van der Waals surface area contributed by atoms with Crippen molar-refractivity contribution in [1.29, 1.82) is 0 Å². The van der Waals surface area contributed by atoms with Crippen LogP contribution in [0, 0.1) is 6.92 Å². The van der Waals surface area contributed by atoms with Gasteiger partial charge in [-0.25, -0.2) is 13.4 Å². The molecule has 0 atom stereocenters. The van der Waals surface area contributed by atoms with Crippen LogP contribution in [-0.4, -0.2) is 80.9 Å². The van der Waals surface area contributed by atoms with Gasteiger partial charge in [0.25, 0.3) is 5.91 Å². The lowest BCUT2D eigenvalue weighted by Crippen LogP contribution is -2.47. The fourth-order valence-electron chi connectivity index (χ4n) is 4.00. The van der Waals surface area contributed by atoms with Crippen LogP contribution in [0.4, 0.5) is 5.82 Å². The number of nitrogens with one attached hydrogen (secondary N) is 1. The van der Waals surface area contributed by atoms with E-state index in [9.17, 15) is 13.2 Å². The standard InChI is InChI=1S/C21H29N5O4S/c1-16-7-14-30-20(16)21(27)23-17-5-8-25(9-6-17)19-4-3-18(15-22-19)31(28,29)26-12-10-24(2)11-13-26/h3-4,7,14-15,17H,5-6,8-13H2,1-2H3,(H,23,27). The summed E-state index contributed by atoms with van der Waals surface area (Å²) in [5.41, 5.74) is 0.825. The molecule has 2 saturated heterocycles. The largest absolute Gasteiger partial charge is 0.459 e. The van der Waals surface area contributed by atoms with Crippen molar-refractivity contribution in [3.05, 3.63) is 42.0 Å². The van der Waals surface area contributed by atoms with E-state index in [0.717, 1.165) is 50.4 Å². The summed E-state index contributed by atoms with van der Waals surface area (Å²) in [6.07, 6.45) is 4.55. The number of carbonyl (C=O) groups excluding carboxylic acids is 1. The molecule has 2 aromatic heterocycles. The average Bonchev–Trinajstić information content (AvgIpc) is 3.21. The molecule has 0 aromatic carbocycles. The summed E-state index contributed by atoms with van der Waals surface area (Å²) in [6.45, 7) is 5.78. The Morgan fingerprint density at radius 1 is 1.10 bits per heavy atom. The Morgan fingerprint density at radius 2 is 1.81 bits per heavy atom. The molecule has 31 heavy (non-hydrogen) atoms. The topological polar surface area (TPSA) is 99.0 Å². The maximum absolute atomic E-state index is 12.9.